The van der Waals surface area contributed by atoms with Crippen molar-refractivity contribution in [3.05, 3.63) is 58.5 Å². The monoisotopic (exact) mass is 290 g/mol. The van der Waals surface area contributed by atoms with Crippen LogP contribution in [0, 0.1) is 6.92 Å². The Labute approximate surface area is 104 Å². The normalized spacial score (nSPS) is 10.9. The summed E-state index contributed by atoms with van der Waals surface area (Å²) < 4.78 is 2.92. The van der Waals surface area contributed by atoms with E-state index >= 15 is 0 Å². The summed E-state index contributed by atoms with van der Waals surface area (Å²) in [6, 6.07) is 11.6. The van der Waals surface area contributed by atoms with Crippen molar-refractivity contribution in [3.63, 3.8) is 0 Å². The first kappa shape index (κ1) is 10.5. The zero-order valence-electron chi connectivity index (χ0n) is 9.25. The average molecular weight is 289 g/mol. The number of aromatic nitrogens is 2. The van der Waals surface area contributed by atoms with E-state index in [0.29, 0.717) is 0 Å². The van der Waals surface area contributed by atoms with Gasteiger partial charge in [0.05, 0.1) is 0 Å². The third-order valence-electron chi connectivity index (χ3n) is 2.60. The van der Waals surface area contributed by atoms with Crippen molar-refractivity contribution in [1.82, 2.24) is 8.55 Å². The van der Waals surface area contributed by atoms with Gasteiger partial charge >= 0.3 is 104 Å². The van der Waals surface area contributed by atoms with Crippen LogP contribution in [-0.4, -0.2) is 23.3 Å². The molecule has 3 rings (SSSR count). The molecule has 0 atom stereocenters. The van der Waals surface area contributed by atoms with Crippen LogP contribution >= 0.6 is 0 Å². The summed E-state index contributed by atoms with van der Waals surface area (Å²) in [6.45, 7) is 2.05. The molecule has 0 saturated heterocycles. The van der Waals surface area contributed by atoms with Gasteiger partial charge in [0.1, 0.15) is 0 Å². The Kier molecular flexibility index (Phi) is 2.46. The maximum absolute atomic E-state index is 12.2. The van der Waals surface area contributed by atoms with Crippen molar-refractivity contribution in [1.29, 1.82) is 0 Å². The van der Waals surface area contributed by atoms with E-state index in [-0.39, 0.29) is 20.3 Å². The fourth-order valence-corrected chi connectivity index (χ4v) is 4.00. The van der Waals surface area contributed by atoms with E-state index in [0.717, 1.165) is 15.5 Å². The molecule has 3 nitrogen and oxygen atoms in total. The van der Waals surface area contributed by atoms with Gasteiger partial charge in [0, 0.05) is 0 Å². The number of pyridine rings is 1. The van der Waals surface area contributed by atoms with E-state index in [1.165, 1.54) is 5.56 Å². The first-order valence-corrected chi connectivity index (χ1v) is 6.92. The minimum absolute atomic E-state index is 0.00674. The van der Waals surface area contributed by atoms with Crippen molar-refractivity contribution >= 4 is 24.4 Å². The summed E-state index contributed by atoms with van der Waals surface area (Å²) >= 11 is 0.00674. The first-order valence-electron chi connectivity index (χ1n) is 5.30. The standard InChI is InChI=1S/C13H10N2OSe/c1-9-5-6-10-11(8-9)17-15(13(10)16)12-4-2-3-7-14-12/h2-8H,1H3. The fourth-order valence-electron chi connectivity index (χ4n) is 1.76. The number of rotatable bonds is 1. The summed E-state index contributed by atoms with van der Waals surface area (Å²) in [5.74, 6) is 0.742. The molecular formula is C13H10N2OSe. The van der Waals surface area contributed by atoms with Gasteiger partial charge in [0.25, 0.3) is 0 Å². The van der Waals surface area contributed by atoms with Crippen molar-refractivity contribution < 1.29 is 0 Å². The van der Waals surface area contributed by atoms with Crippen LogP contribution in [0.3, 0.4) is 0 Å². The van der Waals surface area contributed by atoms with Gasteiger partial charge in [-0.2, -0.15) is 0 Å². The van der Waals surface area contributed by atoms with Crippen molar-refractivity contribution in [2.45, 2.75) is 6.92 Å². The Balaban J connectivity index is 2.32. The van der Waals surface area contributed by atoms with Crippen LogP contribution in [0.2, 0.25) is 0 Å². The van der Waals surface area contributed by atoms with Crippen molar-refractivity contribution in [3.8, 4) is 5.82 Å². The van der Waals surface area contributed by atoms with Gasteiger partial charge in [-0.1, -0.05) is 0 Å². The molecule has 84 valence electrons. The summed E-state index contributed by atoms with van der Waals surface area (Å²) in [7, 11) is 0. The molecule has 0 aliphatic heterocycles. The van der Waals surface area contributed by atoms with Gasteiger partial charge in [-0.3, -0.25) is 0 Å². The number of fused-ring (bicyclic) bond motifs is 1. The molecule has 4 heteroatoms. The predicted octanol–water partition coefficient (Wildman–Crippen LogP) is 1.75. The Bertz CT molecular complexity index is 728. The van der Waals surface area contributed by atoms with Crippen LogP contribution in [0.4, 0.5) is 0 Å². The minimum atomic E-state index is 0.00674. The van der Waals surface area contributed by atoms with Gasteiger partial charge in [-0.15, -0.1) is 0 Å². The number of hydrogen-bond acceptors (Lipinski definition) is 2. The molecule has 0 saturated carbocycles. The Morgan fingerprint density at radius 3 is 2.88 bits per heavy atom. The zero-order valence-corrected chi connectivity index (χ0v) is 11.0. The molecule has 0 aliphatic rings. The molecule has 0 fully saturated rings. The van der Waals surface area contributed by atoms with E-state index in [2.05, 4.69) is 11.1 Å². The third-order valence-corrected chi connectivity index (χ3v) is 4.84. The van der Waals surface area contributed by atoms with Crippen LogP contribution < -0.4 is 5.56 Å². The zero-order chi connectivity index (χ0) is 11.8. The van der Waals surface area contributed by atoms with Crippen molar-refractivity contribution in [2.24, 2.45) is 0 Å². The summed E-state index contributed by atoms with van der Waals surface area (Å²) in [4.78, 5) is 16.4. The summed E-state index contributed by atoms with van der Waals surface area (Å²) in [5.41, 5.74) is 1.26. The second kappa shape index (κ2) is 3.99. The Hall–Kier alpha value is -1.64. The van der Waals surface area contributed by atoms with Crippen LogP contribution in [0.25, 0.3) is 15.5 Å². The number of benzene rings is 1. The molecule has 2 heterocycles. The van der Waals surface area contributed by atoms with Gasteiger partial charge in [0.2, 0.25) is 0 Å². The summed E-state index contributed by atoms with van der Waals surface area (Å²) in [6.07, 6.45) is 1.72. The molecule has 2 aromatic heterocycles. The number of aryl methyl sites for hydroxylation is 1. The topological polar surface area (TPSA) is 34.9 Å². The van der Waals surface area contributed by atoms with Gasteiger partial charge < -0.3 is 0 Å². The molecule has 1 aromatic carbocycles. The average Bonchev–Trinajstić information content (AvgIpc) is 2.67. The molecule has 0 amide bonds. The van der Waals surface area contributed by atoms with Crippen LogP contribution in [0.5, 0.6) is 0 Å². The molecule has 0 spiro atoms. The SMILES string of the molecule is Cc1ccc2c(=O)n(-c3ccccn3)[se]c2c1. The van der Waals surface area contributed by atoms with Gasteiger partial charge in [-0.25, -0.2) is 0 Å². The molecule has 0 radical (unpaired) electrons. The second-order valence-electron chi connectivity index (χ2n) is 3.88. The van der Waals surface area contributed by atoms with E-state index in [9.17, 15) is 4.79 Å². The third kappa shape index (κ3) is 1.75. The van der Waals surface area contributed by atoms with Gasteiger partial charge in [0.15, 0.2) is 0 Å². The Morgan fingerprint density at radius 2 is 2.12 bits per heavy atom. The molecular weight excluding hydrogens is 279 g/mol. The molecule has 3 aromatic rings. The summed E-state index contributed by atoms with van der Waals surface area (Å²) in [5, 5.41) is 0.821. The van der Waals surface area contributed by atoms with Gasteiger partial charge in [-0.05, 0) is 0 Å². The van der Waals surface area contributed by atoms with E-state index in [4.69, 9.17) is 0 Å². The molecule has 17 heavy (non-hydrogen) atoms. The quantitative estimate of drug-likeness (QED) is 0.640. The molecule has 0 aliphatic carbocycles. The second-order valence-corrected chi connectivity index (χ2v) is 5.95. The van der Waals surface area contributed by atoms with Crippen LogP contribution in [0.1, 0.15) is 5.56 Å². The molecule has 0 unspecified atom stereocenters. The molecule has 0 N–H and O–H groups in total. The van der Waals surface area contributed by atoms with Crippen LogP contribution in [-0.2, 0) is 0 Å². The number of hydrogen-bond donors (Lipinski definition) is 0. The van der Waals surface area contributed by atoms with E-state index < -0.39 is 0 Å². The van der Waals surface area contributed by atoms with E-state index in [1.807, 2.05) is 37.3 Å². The first-order chi connectivity index (χ1) is 8.25. The predicted molar refractivity (Wildman–Crippen MR) is 69.0 cm³/mol. The van der Waals surface area contributed by atoms with Crippen LogP contribution in [0.15, 0.2) is 47.4 Å². The fraction of sp³-hybridized carbons (Fsp3) is 0.0769. The van der Waals surface area contributed by atoms with Crippen molar-refractivity contribution in [2.75, 3.05) is 0 Å². The maximum atomic E-state index is 12.2. The molecule has 0 bridgehead atoms. The van der Waals surface area contributed by atoms with E-state index in [1.54, 1.807) is 9.76 Å². The Morgan fingerprint density at radius 1 is 1.24 bits per heavy atom. The number of nitrogens with zero attached hydrogens (tertiary/aromatic N) is 2.